The largest absolute Gasteiger partial charge is 0.390 e. The number of ether oxygens (including phenoxy) is 2. The van der Waals surface area contributed by atoms with Crippen LogP contribution >= 0.6 is 0 Å². The average Bonchev–Trinajstić information content (AvgIpc) is 2.60. The van der Waals surface area contributed by atoms with Gasteiger partial charge in [0.05, 0.1) is 18.3 Å². The van der Waals surface area contributed by atoms with E-state index in [0.717, 1.165) is 51.4 Å². The SMILES string of the molecule is CCCCC(=O)CCCCCCCC[C@@H](C)O[C@@H]1OC(C)[C@H](O)CC1O. The molecule has 0 aromatic carbocycles. The van der Waals surface area contributed by atoms with Crippen LogP contribution in [0.15, 0.2) is 0 Å². The van der Waals surface area contributed by atoms with Gasteiger partial charge in [-0.25, -0.2) is 0 Å². The predicted octanol–water partition coefficient (Wildman–Crippen LogP) is 4.13. The van der Waals surface area contributed by atoms with Gasteiger partial charge in [0, 0.05) is 19.3 Å². The topological polar surface area (TPSA) is 76.0 Å². The van der Waals surface area contributed by atoms with Gasteiger partial charge in [-0.2, -0.15) is 0 Å². The summed E-state index contributed by atoms with van der Waals surface area (Å²) in [5.74, 6) is 0.423. The van der Waals surface area contributed by atoms with E-state index >= 15 is 0 Å². The minimum Gasteiger partial charge on any atom is -0.390 e. The van der Waals surface area contributed by atoms with E-state index < -0.39 is 18.5 Å². The van der Waals surface area contributed by atoms with Crippen molar-refractivity contribution < 1.29 is 24.5 Å². The van der Waals surface area contributed by atoms with Crippen molar-refractivity contribution in [2.24, 2.45) is 0 Å². The van der Waals surface area contributed by atoms with Crippen LogP contribution in [0, 0.1) is 0 Å². The first kappa shape index (κ1) is 23.5. The molecule has 1 fully saturated rings. The van der Waals surface area contributed by atoms with Gasteiger partial charge in [-0.3, -0.25) is 4.79 Å². The number of ketones is 1. The van der Waals surface area contributed by atoms with E-state index in [9.17, 15) is 15.0 Å². The highest BCUT2D eigenvalue weighted by molar-refractivity contribution is 5.78. The number of hydrogen-bond acceptors (Lipinski definition) is 5. The molecule has 26 heavy (non-hydrogen) atoms. The average molecular weight is 373 g/mol. The first-order chi connectivity index (χ1) is 12.4. The molecule has 0 radical (unpaired) electrons. The van der Waals surface area contributed by atoms with Crippen LogP contribution in [0.2, 0.25) is 0 Å². The predicted molar refractivity (Wildman–Crippen MR) is 103 cm³/mol. The zero-order valence-electron chi connectivity index (χ0n) is 17.0. The van der Waals surface area contributed by atoms with Crippen LogP contribution < -0.4 is 0 Å². The molecule has 0 spiro atoms. The van der Waals surface area contributed by atoms with Gasteiger partial charge in [0.15, 0.2) is 6.29 Å². The van der Waals surface area contributed by atoms with E-state index in [4.69, 9.17) is 9.47 Å². The van der Waals surface area contributed by atoms with Gasteiger partial charge in [-0.1, -0.05) is 45.4 Å². The van der Waals surface area contributed by atoms with Crippen LogP contribution in [-0.2, 0) is 14.3 Å². The highest BCUT2D eigenvalue weighted by Crippen LogP contribution is 2.23. The molecule has 0 aliphatic carbocycles. The number of carbonyl (C=O) groups excluding carboxylic acids is 1. The van der Waals surface area contributed by atoms with Crippen molar-refractivity contribution in [2.75, 3.05) is 0 Å². The van der Waals surface area contributed by atoms with Crippen LogP contribution in [0.4, 0.5) is 0 Å². The molecular formula is C21H40O5. The lowest BCUT2D eigenvalue weighted by molar-refractivity contribution is -0.273. The summed E-state index contributed by atoms with van der Waals surface area (Å²) in [5, 5.41) is 19.6. The zero-order chi connectivity index (χ0) is 19.4. The number of aliphatic hydroxyl groups is 2. The minimum absolute atomic E-state index is 0.0354. The van der Waals surface area contributed by atoms with Gasteiger partial charge < -0.3 is 19.7 Å². The molecule has 2 N–H and O–H groups in total. The molecule has 0 bridgehead atoms. The normalized spacial score (nSPS) is 27.4. The molecule has 1 rings (SSSR count). The third-order valence-corrected chi connectivity index (χ3v) is 5.18. The first-order valence-corrected chi connectivity index (χ1v) is 10.6. The molecule has 0 saturated carbocycles. The van der Waals surface area contributed by atoms with Gasteiger partial charge in [-0.05, 0) is 33.1 Å². The summed E-state index contributed by atoms with van der Waals surface area (Å²) in [7, 11) is 0. The highest BCUT2D eigenvalue weighted by atomic mass is 16.7. The lowest BCUT2D eigenvalue weighted by Gasteiger charge is -2.36. The Morgan fingerprint density at radius 2 is 1.65 bits per heavy atom. The molecule has 5 atom stereocenters. The number of aliphatic hydroxyl groups excluding tert-OH is 2. The molecule has 1 aliphatic rings. The molecule has 5 heteroatoms. The van der Waals surface area contributed by atoms with E-state index in [1.807, 2.05) is 6.92 Å². The summed E-state index contributed by atoms with van der Waals surface area (Å²) in [6.07, 6.45) is 9.43. The van der Waals surface area contributed by atoms with Gasteiger partial charge in [0.1, 0.15) is 11.9 Å². The molecule has 0 amide bonds. The van der Waals surface area contributed by atoms with Gasteiger partial charge >= 0.3 is 0 Å². The van der Waals surface area contributed by atoms with E-state index in [1.165, 1.54) is 19.3 Å². The fourth-order valence-electron chi connectivity index (χ4n) is 3.32. The van der Waals surface area contributed by atoms with Crippen molar-refractivity contribution in [3.63, 3.8) is 0 Å². The van der Waals surface area contributed by atoms with Crippen molar-refractivity contribution in [2.45, 2.75) is 129 Å². The van der Waals surface area contributed by atoms with E-state index in [0.29, 0.717) is 12.2 Å². The Labute approximate surface area is 159 Å². The monoisotopic (exact) mass is 372 g/mol. The van der Waals surface area contributed by atoms with Crippen LogP contribution in [0.5, 0.6) is 0 Å². The van der Waals surface area contributed by atoms with E-state index in [2.05, 4.69) is 6.92 Å². The summed E-state index contributed by atoms with van der Waals surface area (Å²) in [5.41, 5.74) is 0. The fraction of sp³-hybridized carbons (Fsp3) is 0.952. The van der Waals surface area contributed by atoms with Crippen molar-refractivity contribution in [1.82, 2.24) is 0 Å². The second-order valence-electron chi connectivity index (χ2n) is 7.83. The molecule has 2 unspecified atom stereocenters. The van der Waals surface area contributed by atoms with Crippen molar-refractivity contribution in [3.05, 3.63) is 0 Å². The molecule has 0 aromatic rings. The maximum atomic E-state index is 11.6. The lowest BCUT2D eigenvalue weighted by Crippen LogP contribution is -2.48. The minimum atomic E-state index is -0.760. The molecule has 5 nitrogen and oxygen atoms in total. The number of Topliss-reactive ketones (excluding diaryl/α,β-unsaturated/α-hetero) is 1. The summed E-state index contributed by atoms with van der Waals surface area (Å²) in [6.45, 7) is 5.93. The Morgan fingerprint density at radius 3 is 2.35 bits per heavy atom. The lowest BCUT2D eigenvalue weighted by atomic mass is 10.0. The van der Waals surface area contributed by atoms with Crippen LogP contribution in [0.3, 0.4) is 0 Å². The standard InChI is InChI=1S/C21H40O5/c1-4-5-13-18(22)14-11-9-7-6-8-10-12-16(2)25-21-20(24)15-19(23)17(3)26-21/h16-17,19-21,23-24H,4-15H2,1-3H3/t16-,17?,19-,20?,21-/m1/s1. The Morgan fingerprint density at radius 1 is 1.04 bits per heavy atom. The van der Waals surface area contributed by atoms with Crippen molar-refractivity contribution >= 4 is 5.78 Å². The van der Waals surface area contributed by atoms with Crippen LogP contribution in [0.1, 0.15) is 97.8 Å². The second kappa shape index (κ2) is 13.6. The first-order valence-electron chi connectivity index (χ1n) is 10.6. The van der Waals surface area contributed by atoms with Gasteiger partial charge in [0.2, 0.25) is 0 Å². The Hall–Kier alpha value is -0.490. The smallest absolute Gasteiger partial charge is 0.184 e. The molecule has 1 heterocycles. The summed E-state index contributed by atoms with van der Waals surface area (Å²) in [6, 6.07) is 0. The van der Waals surface area contributed by atoms with Gasteiger partial charge in [0.25, 0.3) is 0 Å². The van der Waals surface area contributed by atoms with Crippen molar-refractivity contribution in [1.29, 1.82) is 0 Å². The van der Waals surface area contributed by atoms with E-state index in [1.54, 1.807) is 6.92 Å². The number of unbranched alkanes of at least 4 members (excludes halogenated alkanes) is 6. The van der Waals surface area contributed by atoms with Crippen molar-refractivity contribution in [3.8, 4) is 0 Å². The molecular weight excluding hydrogens is 332 g/mol. The maximum absolute atomic E-state index is 11.6. The maximum Gasteiger partial charge on any atom is 0.184 e. The Bertz CT molecular complexity index is 373. The quantitative estimate of drug-likeness (QED) is 0.448. The third kappa shape index (κ3) is 10.0. The van der Waals surface area contributed by atoms with Crippen LogP contribution in [0.25, 0.3) is 0 Å². The summed E-state index contributed by atoms with van der Waals surface area (Å²) >= 11 is 0. The second-order valence-corrected chi connectivity index (χ2v) is 7.83. The molecule has 0 aromatic heterocycles. The third-order valence-electron chi connectivity index (χ3n) is 5.18. The number of hydrogen-bond donors (Lipinski definition) is 2. The fourth-order valence-corrected chi connectivity index (χ4v) is 3.32. The van der Waals surface area contributed by atoms with Crippen LogP contribution in [-0.4, -0.2) is 46.7 Å². The molecule has 1 aliphatic heterocycles. The van der Waals surface area contributed by atoms with E-state index in [-0.39, 0.29) is 12.2 Å². The highest BCUT2D eigenvalue weighted by Gasteiger charge is 2.35. The molecule has 1 saturated heterocycles. The summed E-state index contributed by atoms with van der Waals surface area (Å²) in [4.78, 5) is 11.6. The van der Waals surface area contributed by atoms with Gasteiger partial charge in [-0.15, -0.1) is 0 Å². The number of rotatable bonds is 14. The molecule has 154 valence electrons. The number of carbonyl (C=O) groups is 1. The Kier molecular flexibility index (Phi) is 12.4. The zero-order valence-corrected chi connectivity index (χ0v) is 17.0. The Balaban J connectivity index is 1.98. The summed E-state index contributed by atoms with van der Waals surface area (Å²) < 4.78 is 11.4.